The number of carbonyl (C=O) groups excluding carboxylic acids is 1. The van der Waals surface area contributed by atoms with E-state index < -0.39 is 31.1 Å². The number of ketones is 1. The molecule has 0 fully saturated rings. The predicted molar refractivity (Wildman–Crippen MR) is 184 cm³/mol. The molecule has 48 heavy (non-hydrogen) atoms. The number of rotatable bonds is 4. The van der Waals surface area contributed by atoms with Gasteiger partial charge in [0.25, 0.3) is 20.2 Å². The SMILES string of the molecule is CN1/C(=C/C2=C(O)C(=C/C3=[N+](C)c4c(cc(S(=O)(=O)O)c5ccccc45)C3(C)C)/C2=O)C(C)(C)c2cc(S(=O)(=O)O)c3ccccc3c21. The van der Waals surface area contributed by atoms with Crippen LogP contribution < -0.4 is 4.90 Å². The van der Waals surface area contributed by atoms with Crippen LogP contribution in [0, 0.1) is 0 Å². The van der Waals surface area contributed by atoms with E-state index in [0.717, 1.165) is 11.4 Å². The molecule has 0 saturated heterocycles. The highest BCUT2D eigenvalue weighted by Crippen LogP contribution is 2.52. The molecule has 0 unspecified atom stereocenters. The fraction of sp³-hybridized carbons (Fsp3) is 0.222. The van der Waals surface area contributed by atoms with Gasteiger partial charge in [-0.2, -0.15) is 21.4 Å². The fourth-order valence-electron chi connectivity index (χ4n) is 7.65. The highest BCUT2D eigenvalue weighted by molar-refractivity contribution is 7.86. The molecule has 0 amide bonds. The van der Waals surface area contributed by atoms with Crippen molar-refractivity contribution in [3.8, 4) is 0 Å². The van der Waals surface area contributed by atoms with Crippen LogP contribution in [0.5, 0.6) is 0 Å². The molecule has 3 aliphatic rings. The molecule has 0 atom stereocenters. The number of allylic oxidation sites excluding steroid dienone is 5. The molecule has 0 radical (unpaired) electrons. The summed E-state index contributed by atoms with van der Waals surface area (Å²) in [6.07, 6.45) is 3.23. The van der Waals surface area contributed by atoms with Gasteiger partial charge in [-0.15, -0.1) is 0 Å². The number of hydrogen-bond acceptors (Lipinski definition) is 7. The fourth-order valence-corrected chi connectivity index (χ4v) is 9.10. The van der Waals surface area contributed by atoms with E-state index in [-0.39, 0.29) is 32.5 Å². The molecule has 0 spiro atoms. The van der Waals surface area contributed by atoms with Crippen LogP contribution in [-0.2, 0) is 35.9 Å². The summed E-state index contributed by atoms with van der Waals surface area (Å²) >= 11 is 0. The molecule has 4 aromatic rings. The number of carbonyl (C=O) groups is 1. The van der Waals surface area contributed by atoms with Crippen LogP contribution in [0.1, 0.15) is 38.8 Å². The standard InChI is InChI=1S/C36H32N2O8S2/c1-35(2)25-17-27(47(41,42)43)19-11-7-9-13-21(19)31(25)37(5)29(35)15-23-33(39)24(34(23)40)16-30-36(3,4)26-18-28(48(44,45)46)20-12-8-10-14-22(20)32(26)38(30)6/h7-18H,1-6H3,(H2-,39,40,41,42,43,44,45,46)/p+1. The Morgan fingerprint density at radius 1 is 0.750 bits per heavy atom. The largest absolute Gasteiger partial charge is 0.506 e. The molecule has 2 heterocycles. The van der Waals surface area contributed by atoms with Crippen LogP contribution in [0.25, 0.3) is 21.5 Å². The Hall–Kier alpha value is -4.62. The summed E-state index contributed by atoms with van der Waals surface area (Å²) in [5.41, 5.74) is 2.62. The number of likely N-dealkylation sites (N-methyl/N-ethyl adjacent to an activating group) is 1. The third-order valence-corrected chi connectivity index (χ3v) is 11.9. The van der Waals surface area contributed by atoms with Crippen molar-refractivity contribution in [3.05, 3.63) is 107 Å². The van der Waals surface area contributed by atoms with E-state index in [2.05, 4.69) is 0 Å². The summed E-state index contributed by atoms with van der Waals surface area (Å²) < 4.78 is 71.5. The van der Waals surface area contributed by atoms with Gasteiger partial charge < -0.3 is 10.0 Å². The molecule has 3 N–H and O–H groups in total. The third-order valence-electron chi connectivity index (χ3n) is 10.1. The second-order valence-corrected chi connectivity index (χ2v) is 16.3. The lowest BCUT2D eigenvalue weighted by Gasteiger charge is -2.27. The molecular weight excluding hydrogens is 653 g/mol. The summed E-state index contributed by atoms with van der Waals surface area (Å²) in [5.74, 6) is -0.591. The first kappa shape index (κ1) is 32.0. The highest BCUT2D eigenvalue weighted by atomic mass is 32.2. The van der Waals surface area contributed by atoms with Gasteiger partial charge in [-0.05, 0) is 43.7 Å². The van der Waals surface area contributed by atoms with Crippen LogP contribution in [0.4, 0.5) is 11.4 Å². The highest BCUT2D eigenvalue weighted by Gasteiger charge is 2.48. The Balaban J connectivity index is 1.35. The summed E-state index contributed by atoms with van der Waals surface area (Å²) in [6, 6.07) is 16.7. The van der Waals surface area contributed by atoms with Gasteiger partial charge >= 0.3 is 0 Å². The van der Waals surface area contributed by atoms with Crippen molar-refractivity contribution in [1.82, 2.24) is 0 Å². The number of hydrogen-bond donors (Lipinski definition) is 3. The van der Waals surface area contributed by atoms with Crippen LogP contribution >= 0.6 is 0 Å². The van der Waals surface area contributed by atoms with Gasteiger partial charge in [-0.1, -0.05) is 56.3 Å². The number of aliphatic hydroxyl groups excluding tert-OH is 1. The summed E-state index contributed by atoms with van der Waals surface area (Å²) in [4.78, 5) is 15.2. The van der Waals surface area contributed by atoms with E-state index in [0.29, 0.717) is 44.1 Å². The van der Waals surface area contributed by atoms with E-state index in [1.165, 1.54) is 12.1 Å². The van der Waals surface area contributed by atoms with Crippen molar-refractivity contribution in [3.63, 3.8) is 0 Å². The lowest BCUT2D eigenvalue weighted by atomic mass is 9.77. The Kier molecular flexibility index (Phi) is 6.63. The van der Waals surface area contributed by atoms with Crippen molar-refractivity contribution in [2.45, 2.75) is 48.3 Å². The predicted octanol–water partition coefficient (Wildman–Crippen LogP) is 6.13. The van der Waals surface area contributed by atoms with Gasteiger partial charge in [0.1, 0.15) is 22.6 Å². The molecule has 4 aromatic carbocycles. The molecule has 0 aromatic heterocycles. The Morgan fingerprint density at radius 3 is 1.79 bits per heavy atom. The molecule has 10 nitrogen and oxygen atoms in total. The van der Waals surface area contributed by atoms with Crippen LogP contribution in [-0.4, -0.2) is 61.2 Å². The number of anilines is 1. The van der Waals surface area contributed by atoms with Crippen LogP contribution in [0.15, 0.2) is 105 Å². The first-order chi connectivity index (χ1) is 22.3. The van der Waals surface area contributed by atoms with E-state index >= 15 is 0 Å². The second-order valence-electron chi connectivity index (χ2n) is 13.5. The molecule has 0 bridgehead atoms. The zero-order valence-electron chi connectivity index (χ0n) is 27.0. The maximum Gasteiger partial charge on any atom is 0.295 e. The first-order valence-electron chi connectivity index (χ1n) is 15.1. The van der Waals surface area contributed by atoms with Crippen molar-refractivity contribution in [1.29, 1.82) is 0 Å². The number of nitrogens with zero attached hydrogens (tertiary/aromatic N) is 2. The lowest BCUT2D eigenvalue weighted by Crippen LogP contribution is -2.31. The van der Waals surface area contributed by atoms with E-state index in [1.54, 1.807) is 60.7 Å². The van der Waals surface area contributed by atoms with Gasteiger partial charge in [0, 0.05) is 46.0 Å². The number of aliphatic hydroxyl groups is 1. The van der Waals surface area contributed by atoms with E-state index in [4.69, 9.17) is 0 Å². The summed E-state index contributed by atoms with van der Waals surface area (Å²) in [6.45, 7) is 7.54. The Bertz CT molecular complexity index is 2560. The molecule has 246 valence electrons. The molecule has 2 aliphatic heterocycles. The van der Waals surface area contributed by atoms with Gasteiger partial charge in [-0.3, -0.25) is 13.9 Å². The minimum absolute atomic E-state index is 0.0963. The smallest absolute Gasteiger partial charge is 0.295 e. The Morgan fingerprint density at radius 2 is 1.25 bits per heavy atom. The average Bonchev–Trinajstić information content (AvgIpc) is 3.33. The normalized spacial score (nSPS) is 20.3. The van der Waals surface area contributed by atoms with Crippen molar-refractivity contribution in [2.24, 2.45) is 0 Å². The zero-order valence-corrected chi connectivity index (χ0v) is 28.7. The number of Topliss-reactive ketones (excluding diaryl/α,β-unsaturated/α-hetero) is 1. The molecule has 12 heteroatoms. The van der Waals surface area contributed by atoms with Crippen molar-refractivity contribution in [2.75, 3.05) is 19.0 Å². The molecular formula is C36H33N2O8S2+. The summed E-state index contributed by atoms with van der Waals surface area (Å²) in [5, 5.41) is 13.3. The van der Waals surface area contributed by atoms with Crippen LogP contribution in [0.3, 0.4) is 0 Å². The Labute approximate surface area is 278 Å². The number of benzene rings is 4. The van der Waals surface area contributed by atoms with Crippen molar-refractivity contribution >= 4 is 64.7 Å². The minimum Gasteiger partial charge on any atom is -0.506 e. The van der Waals surface area contributed by atoms with Crippen LogP contribution in [0.2, 0.25) is 0 Å². The summed E-state index contributed by atoms with van der Waals surface area (Å²) in [7, 11) is -5.46. The van der Waals surface area contributed by atoms with Gasteiger partial charge in [0.05, 0.1) is 27.6 Å². The lowest BCUT2D eigenvalue weighted by molar-refractivity contribution is -0.399. The monoisotopic (exact) mass is 685 g/mol. The van der Waals surface area contributed by atoms with Crippen molar-refractivity contribution < 1.29 is 40.4 Å². The topological polar surface area (TPSA) is 152 Å². The van der Waals surface area contributed by atoms with Gasteiger partial charge in [0.15, 0.2) is 5.71 Å². The first-order valence-corrected chi connectivity index (χ1v) is 18.0. The maximum absolute atomic E-state index is 13.7. The van der Waals surface area contributed by atoms with Gasteiger partial charge in [0.2, 0.25) is 11.5 Å². The molecule has 1 aliphatic carbocycles. The van der Waals surface area contributed by atoms with E-state index in [9.17, 15) is 35.8 Å². The number of fused-ring (bicyclic) bond motifs is 6. The van der Waals surface area contributed by atoms with Gasteiger partial charge in [-0.25, -0.2) is 0 Å². The average molecular weight is 686 g/mol. The molecule has 0 saturated carbocycles. The maximum atomic E-state index is 13.7. The third kappa shape index (κ3) is 4.29. The van der Waals surface area contributed by atoms with E-state index in [1.807, 2.05) is 51.3 Å². The quantitative estimate of drug-likeness (QED) is 0.131. The molecule has 7 rings (SSSR count). The second kappa shape index (κ2) is 9.95. The minimum atomic E-state index is -4.54. The zero-order chi connectivity index (χ0) is 34.9.